The molecule has 1 saturated carbocycles. The number of aryl methyl sites for hydroxylation is 7. The van der Waals surface area contributed by atoms with E-state index in [-0.39, 0.29) is 7.43 Å². The van der Waals surface area contributed by atoms with Crippen LogP contribution in [0, 0.1) is 48.5 Å². The van der Waals surface area contributed by atoms with Gasteiger partial charge in [0.1, 0.15) is 86.5 Å². The fourth-order valence-corrected chi connectivity index (χ4v) is 11.0. The van der Waals surface area contributed by atoms with Gasteiger partial charge in [0.05, 0.1) is 27.7 Å². The van der Waals surface area contributed by atoms with Crippen molar-refractivity contribution in [2.24, 2.45) is 0 Å². The Kier molecular flexibility index (Phi) is 75.5. The summed E-state index contributed by atoms with van der Waals surface area (Å²) in [6.07, 6.45) is 6.77. The molecule has 0 aromatic heterocycles. The summed E-state index contributed by atoms with van der Waals surface area (Å²) in [4.78, 5) is 6.86. The van der Waals surface area contributed by atoms with Crippen LogP contribution in [0.2, 0.25) is 0 Å². The molecule has 0 aliphatic heterocycles. The predicted molar refractivity (Wildman–Crippen MR) is 616 cm³/mol. The quantitative estimate of drug-likeness (QED) is 0.0419. The van der Waals surface area contributed by atoms with Gasteiger partial charge in [0.15, 0.2) is 0 Å². The average molecular weight is 1940 g/mol. The van der Waals surface area contributed by atoms with Crippen LogP contribution in [0.1, 0.15) is 180 Å². The molecule has 0 heterocycles. The molecule has 0 atom stereocenters. The molecular formula is C130H182N5O8+. The maximum atomic E-state index is 5.65. The molecule has 0 unspecified atom stereocenters. The van der Waals surface area contributed by atoms with Crippen LogP contribution in [-0.2, 0) is 51.0 Å². The highest BCUT2D eigenvalue weighted by Crippen LogP contribution is 2.25. The third-order valence-corrected chi connectivity index (χ3v) is 21.2. The van der Waals surface area contributed by atoms with E-state index >= 15 is 0 Å². The highest BCUT2D eigenvalue weighted by molar-refractivity contribution is 5.34. The van der Waals surface area contributed by atoms with Crippen LogP contribution in [-0.4, -0.2) is 135 Å². The van der Waals surface area contributed by atoms with Gasteiger partial charge < -0.3 is 62.4 Å². The summed E-state index contributed by atoms with van der Waals surface area (Å²) < 4.78 is 45.1. The smallest absolute Gasteiger partial charge is 0.119 e. The Hall–Kier alpha value is -12.6. The van der Waals surface area contributed by atoms with Crippen LogP contribution < -0.4 is 38.5 Å². The van der Waals surface area contributed by atoms with E-state index in [0.29, 0.717) is 46.2 Å². The number of quaternary nitrogens is 1. The number of nitrogens with one attached hydrogen (secondary N) is 1. The van der Waals surface area contributed by atoms with E-state index in [2.05, 4.69) is 348 Å². The molecule has 0 saturated heterocycles. The standard InChI is InChI=1S/7C14H14O.C7H17N.C6H13N.C5H14N.C4H11N.C3H9N.C3H8O.C3H8.CH4/c7*1-12-7-9-14(10-8-12)15-11-13-5-3-2-4-6-13;1-4-6-7-8(3)5-2;1-3-7(2)6-4-5-6;1-5-6(2,3)4;1-4-5(2)3;2*1-3-4-2;1-3-2;/h7*2-10H,11H2,1H3;4-7H2,1-3H3;6H,3-5H2,1-2H3;5H2,1-4H3;4H2,1-3H3;4H,3H2,1-2H3;3H2,1-2H3;3H2,1-2H3;1H4/q;;;;;;;;;+1;;;;;. The van der Waals surface area contributed by atoms with Gasteiger partial charge >= 0.3 is 0 Å². The van der Waals surface area contributed by atoms with Crippen molar-refractivity contribution in [2.75, 3.05) is 109 Å². The van der Waals surface area contributed by atoms with E-state index in [1.165, 1.54) is 136 Å². The SMILES string of the molecule is C.CCC.CCCCN(C)CC.CCN(C)C.CCN(C)C1CC1.CCNC.CCOC.CC[N+](C)(C)C.Cc1ccc(OCc2ccccc2)cc1.Cc1ccc(OCc2ccccc2)cc1.Cc1ccc(OCc2ccccc2)cc1.Cc1ccc(OCc2ccccc2)cc1.Cc1ccc(OCc2ccccc2)cc1.Cc1ccc(OCc2ccccc2)cc1.Cc1ccc(OCc2ccccc2)cc1. The first-order valence-corrected chi connectivity index (χ1v) is 50.7. The van der Waals surface area contributed by atoms with Crippen molar-refractivity contribution >= 4 is 0 Å². The van der Waals surface area contributed by atoms with Crippen molar-refractivity contribution in [2.45, 2.75) is 203 Å². The van der Waals surface area contributed by atoms with Crippen molar-refractivity contribution in [3.63, 3.8) is 0 Å². The Labute approximate surface area is 869 Å². The highest BCUT2D eigenvalue weighted by atomic mass is 16.5. The molecule has 13 nitrogen and oxygen atoms in total. The average Bonchev–Trinajstić information content (AvgIpc) is 1.75. The first-order chi connectivity index (χ1) is 68.6. The van der Waals surface area contributed by atoms with Crippen LogP contribution >= 0.6 is 0 Å². The topological polar surface area (TPSA) is 95.6 Å². The van der Waals surface area contributed by atoms with Gasteiger partial charge in [-0.25, -0.2) is 0 Å². The van der Waals surface area contributed by atoms with Crippen molar-refractivity contribution in [1.29, 1.82) is 0 Å². The van der Waals surface area contributed by atoms with Crippen molar-refractivity contribution in [3.05, 3.63) is 460 Å². The zero-order valence-electron chi connectivity index (χ0n) is 91.4. The summed E-state index contributed by atoms with van der Waals surface area (Å²) >= 11 is 0. The van der Waals surface area contributed by atoms with Gasteiger partial charge in [-0.1, -0.05) is 405 Å². The molecule has 13 heteroatoms. The number of ether oxygens (including phenoxy) is 8. The molecule has 0 radical (unpaired) electrons. The van der Waals surface area contributed by atoms with Gasteiger partial charge in [-0.15, -0.1) is 0 Å². The monoisotopic (exact) mass is 1940 g/mol. The maximum Gasteiger partial charge on any atom is 0.119 e. The fraction of sp³-hybridized carbons (Fsp3) is 0.354. The van der Waals surface area contributed by atoms with E-state index in [1.54, 1.807) is 7.11 Å². The summed E-state index contributed by atoms with van der Waals surface area (Å²) in [5.74, 6) is 6.45. The summed E-state index contributed by atoms with van der Waals surface area (Å²) in [7, 11) is 18.6. The lowest BCUT2D eigenvalue weighted by Gasteiger charge is -2.20. The van der Waals surface area contributed by atoms with Crippen molar-refractivity contribution in [3.8, 4) is 40.2 Å². The van der Waals surface area contributed by atoms with Crippen LogP contribution in [0.15, 0.2) is 382 Å². The first-order valence-electron chi connectivity index (χ1n) is 50.7. The molecule has 1 N–H and O–H groups in total. The second-order valence-electron chi connectivity index (χ2n) is 35.7. The normalized spacial score (nSPS) is 10.3. The minimum absolute atomic E-state index is 0. The van der Waals surface area contributed by atoms with Gasteiger partial charge in [0, 0.05) is 19.8 Å². The first kappa shape index (κ1) is 128. The summed E-state index contributed by atoms with van der Waals surface area (Å²) in [5, 5.41) is 2.93. The molecule has 14 aromatic carbocycles. The number of hydrogen-bond acceptors (Lipinski definition) is 12. The number of hydrogen-bond donors (Lipinski definition) is 1. The molecule has 15 rings (SSSR count). The summed E-state index contributed by atoms with van der Waals surface area (Å²) in [6, 6.07) is 129. The lowest BCUT2D eigenvalue weighted by Crippen LogP contribution is -2.33. The molecule has 143 heavy (non-hydrogen) atoms. The lowest BCUT2D eigenvalue weighted by molar-refractivity contribution is -0.868. The van der Waals surface area contributed by atoms with Gasteiger partial charge in [0.2, 0.25) is 0 Å². The molecule has 1 aliphatic carbocycles. The summed E-state index contributed by atoms with van der Waals surface area (Å²) in [6.45, 7) is 46.0. The van der Waals surface area contributed by atoms with Crippen LogP contribution in [0.4, 0.5) is 0 Å². The largest absolute Gasteiger partial charge is 0.489 e. The molecule has 774 valence electrons. The van der Waals surface area contributed by atoms with Crippen LogP contribution in [0.3, 0.4) is 0 Å². The second-order valence-corrected chi connectivity index (χ2v) is 35.7. The third kappa shape index (κ3) is 72.4. The molecular weight excluding hydrogens is 1760 g/mol. The van der Waals surface area contributed by atoms with E-state index in [4.69, 9.17) is 33.2 Å². The third-order valence-electron chi connectivity index (χ3n) is 21.2. The van der Waals surface area contributed by atoms with Crippen LogP contribution in [0.5, 0.6) is 40.2 Å². The Morgan fingerprint density at radius 1 is 0.280 bits per heavy atom. The van der Waals surface area contributed by atoms with E-state index in [9.17, 15) is 0 Å². The highest BCUT2D eigenvalue weighted by Gasteiger charge is 2.24. The minimum Gasteiger partial charge on any atom is -0.489 e. The number of benzene rings is 14. The Morgan fingerprint density at radius 3 is 0.538 bits per heavy atom. The maximum absolute atomic E-state index is 5.65. The summed E-state index contributed by atoms with van der Waals surface area (Å²) in [5.41, 5.74) is 17.1. The van der Waals surface area contributed by atoms with Gasteiger partial charge in [-0.05, 0) is 273 Å². The van der Waals surface area contributed by atoms with Gasteiger partial charge in [-0.2, -0.15) is 0 Å². The van der Waals surface area contributed by atoms with E-state index < -0.39 is 0 Å². The van der Waals surface area contributed by atoms with Gasteiger partial charge in [-0.3, -0.25) is 0 Å². The number of methoxy groups -OCH3 is 1. The Bertz CT molecular complexity index is 4290. The van der Waals surface area contributed by atoms with E-state index in [0.717, 1.165) is 70.5 Å². The van der Waals surface area contributed by atoms with Crippen molar-refractivity contribution < 1.29 is 42.4 Å². The number of unbranched alkanes of at least 4 members (excludes halogenated alkanes) is 1. The Morgan fingerprint density at radius 2 is 0.441 bits per heavy atom. The fourth-order valence-electron chi connectivity index (χ4n) is 11.0. The molecule has 14 aromatic rings. The molecule has 0 amide bonds. The second kappa shape index (κ2) is 84.0. The van der Waals surface area contributed by atoms with Crippen LogP contribution in [0.25, 0.3) is 0 Å². The minimum atomic E-state index is 0. The predicted octanol–water partition coefficient (Wildman–Crippen LogP) is 32.1. The zero-order chi connectivity index (χ0) is 104. The zero-order valence-corrected chi connectivity index (χ0v) is 91.4. The Balaban J connectivity index is 0.000000787. The van der Waals surface area contributed by atoms with E-state index in [1.807, 2.05) is 226 Å². The lowest BCUT2D eigenvalue weighted by atomic mass is 10.2. The van der Waals surface area contributed by atoms with Gasteiger partial charge in [0.25, 0.3) is 0 Å². The molecule has 0 spiro atoms. The molecule has 1 fully saturated rings. The molecule has 1 aliphatic rings. The number of nitrogens with zero attached hydrogens (tertiary/aromatic N) is 4. The van der Waals surface area contributed by atoms with Crippen molar-refractivity contribution in [1.82, 2.24) is 20.0 Å². The number of rotatable bonds is 31. The molecule has 0 bridgehead atoms.